The van der Waals surface area contributed by atoms with E-state index in [0.29, 0.717) is 6.42 Å². The molecule has 0 atom stereocenters. The van der Waals surface area contributed by atoms with E-state index in [1.807, 2.05) is 13.8 Å². The average molecular weight is 216 g/mol. The van der Waals surface area contributed by atoms with Crippen molar-refractivity contribution in [2.45, 2.75) is 71.5 Å². The summed E-state index contributed by atoms with van der Waals surface area (Å²) in [7, 11) is 0. The minimum Gasteiger partial charge on any atom is -0.463 e. The van der Waals surface area contributed by atoms with Crippen LogP contribution in [0.3, 0.4) is 0 Å². The van der Waals surface area contributed by atoms with Crippen LogP contribution in [0.5, 0.6) is 0 Å². The quantitative estimate of drug-likeness (QED) is 0.525. The van der Waals surface area contributed by atoms with Crippen LogP contribution >= 0.6 is 0 Å². The molecule has 0 aliphatic carbocycles. The fourth-order valence-corrected chi connectivity index (χ4v) is 1.33. The highest BCUT2D eigenvalue weighted by Crippen LogP contribution is 2.14. The number of aliphatic hydroxyl groups is 1. The molecule has 3 heteroatoms. The van der Waals surface area contributed by atoms with Crippen molar-refractivity contribution in [3.05, 3.63) is 0 Å². The van der Waals surface area contributed by atoms with Gasteiger partial charge >= 0.3 is 5.97 Å². The number of ether oxygens (including phenoxy) is 1. The largest absolute Gasteiger partial charge is 0.463 e. The fourth-order valence-electron chi connectivity index (χ4n) is 1.33. The summed E-state index contributed by atoms with van der Waals surface area (Å²) in [5.74, 6) is -0.117. The molecule has 0 saturated heterocycles. The van der Waals surface area contributed by atoms with Crippen molar-refractivity contribution >= 4 is 5.97 Å². The normalized spacial score (nSPS) is 11.9. The van der Waals surface area contributed by atoms with Gasteiger partial charge in [-0.05, 0) is 40.5 Å². The van der Waals surface area contributed by atoms with E-state index in [1.165, 1.54) is 0 Å². The molecule has 1 N–H and O–H groups in total. The molecule has 0 aliphatic rings. The predicted octanol–water partition coefficient (Wildman–Crippen LogP) is 2.66. The first-order valence-corrected chi connectivity index (χ1v) is 5.73. The second-order valence-corrected chi connectivity index (χ2v) is 4.91. The Morgan fingerprint density at radius 2 is 1.87 bits per heavy atom. The maximum absolute atomic E-state index is 11.1. The summed E-state index contributed by atoms with van der Waals surface area (Å²) in [6, 6.07) is 0. The molecule has 15 heavy (non-hydrogen) atoms. The summed E-state index contributed by atoms with van der Waals surface area (Å²) in [5, 5.41) is 9.45. The number of carbonyl (C=O) groups excluding carboxylic acids is 1. The third-order valence-electron chi connectivity index (χ3n) is 2.04. The molecule has 0 bridgehead atoms. The highest BCUT2D eigenvalue weighted by atomic mass is 16.5. The number of rotatable bonds is 7. The first-order valence-electron chi connectivity index (χ1n) is 5.73. The molecule has 90 valence electrons. The van der Waals surface area contributed by atoms with Gasteiger partial charge in [0.2, 0.25) is 0 Å². The van der Waals surface area contributed by atoms with Gasteiger partial charge in [0.1, 0.15) is 0 Å². The second-order valence-electron chi connectivity index (χ2n) is 4.91. The SMILES string of the molecule is CC(C)OC(=O)CCCCCC(C)(C)O. The third-order valence-corrected chi connectivity index (χ3v) is 2.04. The van der Waals surface area contributed by atoms with Gasteiger partial charge in [0, 0.05) is 6.42 Å². The first kappa shape index (κ1) is 14.4. The van der Waals surface area contributed by atoms with Crippen LogP contribution in [0, 0.1) is 0 Å². The molecule has 0 unspecified atom stereocenters. The highest BCUT2D eigenvalue weighted by Gasteiger charge is 2.11. The highest BCUT2D eigenvalue weighted by molar-refractivity contribution is 5.69. The van der Waals surface area contributed by atoms with Crippen LogP contribution in [-0.4, -0.2) is 22.8 Å². The van der Waals surface area contributed by atoms with E-state index in [9.17, 15) is 9.90 Å². The average Bonchev–Trinajstić information content (AvgIpc) is 1.99. The number of carbonyl (C=O) groups is 1. The van der Waals surface area contributed by atoms with E-state index in [4.69, 9.17) is 4.74 Å². The van der Waals surface area contributed by atoms with Crippen LogP contribution in [0.1, 0.15) is 59.8 Å². The van der Waals surface area contributed by atoms with Gasteiger partial charge in [-0.25, -0.2) is 0 Å². The summed E-state index contributed by atoms with van der Waals surface area (Å²) in [5.41, 5.74) is -0.585. The minimum absolute atomic E-state index is 0.0196. The van der Waals surface area contributed by atoms with Gasteiger partial charge < -0.3 is 9.84 Å². The molecule has 0 fully saturated rings. The van der Waals surface area contributed by atoms with Crippen LogP contribution in [0.4, 0.5) is 0 Å². The van der Waals surface area contributed by atoms with Crippen molar-refractivity contribution < 1.29 is 14.6 Å². The lowest BCUT2D eigenvalue weighted by molar-refractivity contribution is -0.147. The number of hydrogen-bond acceptors (Lipinski definition) is 3. The molecule has 0 aromatic rings. The van der Waals surface area contributed by atoms with Gasteiger partial charge in [0.05, 0.1) is 11.7 Å². The zero-order valence-electron chi connectivity index (χ0n) is 10.4. The van der Waals surface area contributed by atoms with Gasteiger partial charge in [0.25, 0.3) is 0 Å². The van der Waals surface area contributed by atoms with Gasteiger partial charge in [-0.3, -0.25) is 4.79 Å². The molecule has 0 heterocycles. The van der Waals surface area contributed by atoms with E-state index in [-0.39, 0.29) is 12.1 Å². The van der Waals surface area contributed by atoms with Crippen molar-refractivity contribution in [2.75, 3.05) is 0 Å². The molecule has 0 radical (unpaired) electrons. The lowest BCUT2D eigenvalue weighted by Crippen LogP contribution is -2.17. The summed E-state index contributed by atoms with van der Waals surface area (Å²) in [6.07, 6.45) is 4.03. The van der Waals surface area contributed by atoms with Gasteiger partial charge in [-0.2, -0.15) is 0 Å². The summed E-state index contributed by atoms with van der Waals surface area (Å²) in [6.45, 7) is 7.32. The molecule has 0 amide bonds. The molecule has 0 aromatic carbocycles. The van der Waals surface area contributed by atoms with Crippen LogP contribution in [0.25, 0.3) is 0 Å². The molecule has 0 rings (SSSR count). The molecular weight excluding hydrogens is 192 g/mol. The fraction of sp³-hybridized carbons (Fsp3) is 0.917. The van der Waals surface area contributed by atoms with E-state index in [0.717, 1.165) is 25.7 Å². The van der Waals surface area contributed by atoms with Gasteiger partial charge in [-0.15, -0.1) is 0 Å². The smallest absolute Gasteiger partial charge is 0.306 e. The molecule has 0 spiro atoms. The molecular formula is C12H24O3. The van der Waals surface area contributed by atoms with Crippen molar-refractivity contribution in [1.82, 2.24) is 0 Å². The lowest BCUT2D eigenvalue weighted by atomic mass is 10.0. The molecule has 0 aromatic heterocycles. The lowest BCUT2D eigenvalue weighted by Gasteiger charge is -2.16. The van der Waals surface area contributed by atoms with Crippen LogP contribution < -0.4 is 0 Å². The number of esters is 1. The van der Waals surface area contributed by atoms with Crippen LogP contribution in [-0.2, 0) is 9.53 Å². The van der Waals surface area contributed by atoms with Crippen molar-refractivity contribution in [3.8, 4) is 0 Å². The first-order chi connectivity index (χ1) is 6.81. The van der Waals surface area contributed by atoms with E-state index >= 15 is 0 Å². The molecule has 3 nitrogen and oxygen atoms in total. The second kappa shape index (κ2) is 6.83. The van der Waals surface area contributed by atoms with E-state index in [2.05, 4.69) is 0 Å². The van der Waals surface area contributed by atoms with Crippen molar-refractivity contribution in [1.29, 1.82) is 0 Å². The Balaban J connectivity index is 3.35. The maximum atomic E-state index is 11.1. The van der Waals surface area contributed by atoms with Crippen LogP contribution in [0.15, 0.2) is 0 Å². The predicted molar refractivity (Wildman–Crippen MR) is 60.6 cm³/mol. The zero-order chi connectivity index (χ0) is 11.9. The third kappa shape index (κ3) is 11.4. The topological polar surface area (TPSA) is 46.5 Å². The Morgan fingerprint density at radius 1 is 1.27 bits per heavy atom. The summed E-state index contributed by atoms with van der Waals surface area (Å²) in [4.78, 5) is 11.1. The van der Waals surface area contributed by atoms with Gasteiger partial charge in [0.15, 0.2) is 0 Å². The number of unbranched alkanes of at least 4 members (excludes halogenated alkanes) is 2. The Kier molecular flexibility index (Phi) is 6.57. The zero-order valence-corrected chi connectivity index (χ0v) is 10.4. The van der Waals surface area contributed by atoms with Crippen LogP contribution in [0.2, 0.25) is 0 Å². The maximum Gasteiger partial charge on any atom is 0.306 e. The number of hydrogen-bond donors (Lipinski definition) is 1. The Hall–Kier alpha value is -0.570. The van der Waals surface area contributed by atoms with E-state index in [1.54, 1.807) is 13.8 Å². The van der Waals surface area contributed by atoms with E-state index < -0.39 is 5.60 Å². The summed E-state index contributed by atoms with van der Waals surface area (Å²) < 4.78 is 5.01. The Labute approximate surface area is 92.8 Å². The Morgan fingerprint density at radius 3 is 2.33 bits per heavy atom. The molecule has 0 aliphatic heterocycles. The monoisotopic (exact) mass is 216 g/mol. The molecule has 0 saturated carbocycles. The summed E-state index contributed by atoms with van der Waals surface area (Å²) >= 11 is 0. The minimum atomic E-state index is -0.585. The van der Waals surface area contributed by atoms with Crippen molar-refractivity contribution in [2.24, 2.45) is 0 Å². The standard InChI is InChI=1S/C12H24O3/c1-10(2)15-11(13)8-6-5-7-9-12(3,4)14/h10,14H,5-9H2,1-4H3. The van der Waals surface area contributed by atoms with Gasteiger partial charge in [-0.1, -0.05) is 12.8 Å². The Bertz CT molecular complexity index is 180. The van der Waals surface area contributed by atoms with Crippen molar-refractivity contribution in [3.63, 3.8) is 0 Å².